The Balaban J connectivity index is 1.49. The summed E-state index contributed by atoms with van der Waals surface area (Å²) in [5.74, 6) is 0. The zero-order chi connectivity index (χ0) is 23.0. The van der Waals surface area contributed by atoms with Crippen LogP contribution in [0.2, 0.25) is 0 Å². The van der Waals surface area contributed by atoms with E-state index in [-0.39, 0.29) is 10.6 Å². The molecular formula is C22H24N4O4S2. The number of nitro benzene ring substituents is 1. The summed E-state index contributed by atoms with van der Waals surface area (Å²) in [6.07, 6.45) is 0. The predicted molar refractivity (Wildman–Crippen MR) is 126 cm³/mol. The number of benzene rings is 2. The van der Waals surface area contributed by atoms with Crippen LogP contribution in [-0.2, 0) is 10.0 Å². The SMILES string of the molecule is Cc1cc(C)c(-c2csc(N3CCN(S(=O)(=O)c4cccc([N+](=O)[O-])c4)CC3)n2)c(C)c1. The second-order valence-corrected chi connectivity index (χ2v) is 10.7. The molecule has 0 radical (unpaired) electrons. The summed E-state index contributed by atoms with van der Waals surface area (Å²) in [6, 6.07) is 9.49. The predicted octanol–water partition coefficient (Wildman–Crippen LogP) is 4.15. The number of aromatic nitrogens is 1. The van der Waals surface area contributed by atoms with E-state index in [1.165, 1.54) is 39.2 Å². The lowest BCUT2D eigenvalue weighted by atomic mass is 9.98. The van der Waals surface area contributed by atoms with Crippen LogP contribution in [0.3, 0.4) is 0 Å². The first-order valence-electron chi connectivity index (χ1n) is 10.2. The largest absolute Gasteiger partial charge is 0.345 e. The van der Waals surface area contributed by atoms with Crippen LogP contribution in [0.15, 0.2) is 46.7 Å². The molecule has 0 saturated carbocycles. The Morgan fingerprint density at radius 2 is 1.69 bits per heavy atom. The number of piperazine rings is 1. The molecule has 0 N–H and O–H groups in total. The molecule has 8 nitrogen and oxygen atoms in total. The Bertz CT molecular complexity index is 1260. The van der Waals surface area contributed by atoms with Crippen LogP contribution in [0, 0.1) is 30.9 Å². The average Bonchev–Trinajstić information content (AvgIpc) is 3.23. The van der Waals surface area contributed by atoms with Gasteiger partial charge in [0.05, 0.1) is 15.5 Å². The number of hydrogen-bond donors (Lipinski definition) is 0. The molecule has 168 valence electrons. The van der Waals surface area contributed by atoms with E-state index in [4.69, 9.17) is 4.98 Å². The summed E-state index contributed by atoms with van der Waals surface area (Å²) in [4.78, 5) is 17.3. The Labute approximate surface area is 191 Å². The van der Waals surface area contributed by atoms with Gasteiger partial charge in [0.25, 0.3) is 5.69 Å². The number of nitro groups is 1. The van der Waals surface area contributed by atoms with Gasteiger partial charge in [-0.25, -0.2) is 13.4 Å². The Morgan fingerprint density at radius 1 is 1.03 bits per heavy atom. The third-order valence-corrected chi connectivity index (χ3v) is 8.40. The van der Waals surface area contributed by atoms with Crippen LogP contribution in [0.1, 0.15) is 16.7 Å². The lowest BCUT2D eigenvalue weighted by molar-refractivity contribution is -0.385. The van der Waals surface area contributed by atoms with Gasteiger partial charge in [-0.2, -0.15) is 4.31 Å². The van der Waals surface area contributed by atoms with Crippen molar-refractivity contribution in [2.24, 2.45) is 0 Å². The summed E-state index contributed by atoms with van der Waals surface area (Å²) in [7, 11) is -3.79. The molecule has 10 heteroatoms. The van der Waals surface area contributed by atoms with E-state index in [0.717, 1.165) is 22.5 Å². The number of aryl methyl sites for hydroxylation is 3. The van der Waals surface area contributed by atoms with E-state index in [1.807, 2.05) is 5.38 Å². The van der Waals surface area contributed by atoms with Gasteiger partial charge in [-0.1, -0.05) is 23.8 Å². The highest BCUT2D eigenvalue weighted by molar-refractivity contribution is 7.89. The maximum atomic E-state index is 13.0. The molecule has 2 aromatic carbocycles. The van der Waals surface area contributed by atoms with Gasteiger partial charge in [0.1, 0.15) is 0 Å². The van der Waals surface area contributed by atoms with Crippen molar-refractivity contribution in [2.75, 3.05) is 31.1 Å². The van der Waals surface area contributed by atoms with Gasteiger partial charge in [-0.3, -0.25) is 10.1 Å². The molecule has 32 heavy (non-hydrogen) atoms. The summed E-state index contributed by atoms with van der Waals surface area (Å²) in [6.45, 7) is 7.86. The summed E-state index contributed by atoms with van der Waals surface area (Å²) in [5.41, 5.74) is 5.44. The maximum Gasteiger partial charge on any atom is 0.270 e. The van der Waals surface area contributed by atoms with Crippen molar-refractivity contribution in [3.8, 4) is 11.3 Å². The minimum absolute atomic E-state index is 0.0537. The second-order valence-electron chi connectivity index (χ2n) is 7.93. The number of nitrogens with zero attached hydrogens (tertiary/aromatic N) is 4. The van der Waals surface area contributed by atoms with E-state index in [9.17, 15) is 18.5 Å². The molecule has 1 aliphatic rings. The molecule has 4 rings (SSSR count). The fraction of sp³-hybridized carbons (Fsp3) is 0.318. The molecule has 3 aromatic rings. The molecule has 0 bridgehead atoms. The number of rotatable bonds is 5. The van der Waals surface area contributed by atoms with Crippen LogP contribution in [0.4, 0.5) is 10.8 Å². The van der Waals surface area contributed by atoms with Gasteiger partial charge in [0, 0.05) is 49.3 Å². The van der Waals surface area contributed by atoms with Crippen molar-refractivity contribution < 1.29 is 13.3 Å². The van der Waals surface area contributed by atoms with Crippen molar-refractivity contribution in [1.29, 1.82) is 0 Å². The van der Waals surface area contributed by atoms with Crippen LogP contribution in [-0.4, -0.2) is 48.8 Å². The van der Waals surface area contributed by atoms with Crippen LogP contribution in [0.25, 0.3) is 11.3 Å². The van der Waals surface area contributed by atoms with Gasteiger partial charge in [-0.05, 0) is 38.0 Å². The van der Waals surface area contributed by atoms with Gasteiger partial charge in [0.15, 0.2) is 5.13 Å². The van der Waals surface area contributed by atoms with Crippen LogP contribution in [0.5, 0.6) is 0 Å². The molecule has 1 saturated heterocycles. The molecule has 1 aromatic heterocycles. The van der Waals surface area contributed by atoms with Crippen molar-refractivity contribution in [3.05, 3.63) is 68.6 Å². The maximum absolute atomic E-state index is 13.0. The van der Waals surface area contributed by atoms with E-state index in [1.54, 1.807) is 11.3 Å². The topological polar surface area (TPSA) is 96.7 Å². The average molecular weight is 473 g/mol. The molecule has 0 aliphatic carbocycles. The fourth-order valence-corrected chi connectivity index (χ4v) is 6.47. The Kier molecular flexibility index (Phi) is 6.02. The molecule has 1 fully saturated rings. The lowest BCUT2D eigenvalue weighted by Crippen LogP contribution is -2.48. The van der Waals surface area contributed by atoms with Gasteiger partial charge >= 0.3 is 0 Å². The highest BCUT2D eigenvalue weighted by Crippen LogP contribution is 2.33. The zero-order valence-electron chi connectivity index (χ0n) is 18.1. The monoisotopic (exact) mass is 472 g/mol. The summed E-state index contributed by atoms with van der Waals surface area (Å²) in [5, 5.41) is 13.9. The minimum Gasteiger partial charge on any atom is -0.345 e. The third kappa shape index (κ3) is 4.25. The van der Waals surface area contributed by atoms with E-state index < -0.39 is 14.9 Å². The Hall–Kier alpha value is -2.82. The fourth-order valence-electron chi connectivity index (χ4n) is 4.13. The molecule has 1 aliphatic heterocycles. The molecule has 0 spiro atoms. The number of non-ortho nitro benzene ring substituents is 1. The standard InChI is InChI=1S/C22H24N4O4S2/c1-15-11-16(2)21(17(3)12-15)20-14-31-22(23-20)24-7-9-25(10-8-24)32(29,30)19-6-4-5-18(13-19)26(27)28/h4-6,11-14H,7-10H2,1-3H3. The van der Waals surface area contributed by atoms with Gasteiger partial charge < -0.3 is 4.90 Å². The molecule has 2 heterocycles. The normalized spacial score (nSPS) is 15.2. The van der Waals surface area contributed by atoms with Crippen molar-refractivity contribution >= 4 is 32.2 Å². The highest BCUT2D eigenvalue weighted by Gasteiger charge is 2.30. The molecule has 0 atom stereocenters. The smallest absolute Gasteiger partial charge is 0.270 e. The van der Waals surface area contributed by atoms with Crippen molar-refractivity contribution in [2.45, 2.75) is 25.7 Å². The summed E-state index contributed by atoms with van der Waals surface area (Å²) < 4.78 is 27.3. The molecule has 0 unspecified atom stereocenters. The number of thiazole rings is 1. The van der Waals surface area contributed by atoms with E-state index in [0.29, 0.717) is 26.2 Å². The first-order valence-corrected chi connectivity index (χ1v) is 12.5. The highest BCUT2D eigenvalue weighted by atomic mass is 32.2. The third-order valence-electron chi connectivity index (χ3n) is 5.60. The van der Waals surface area contributed by atoms with Gasteiger partial charge in [-0.15, -0.1) is 11.3 Å². The lowest BCUT2D eigenvalue weighted by Gasteiger charge is -2.33. The first-order chi connectivity index (χ1) is 15.2. The zero-order valence-corrected chi connectivity index (χ0v) is 19.7. The molecular weight excluding hydrogens is 448 g/mol. The number of hydrogen-bond acceptors (Lipinski definition) is 7. The molecule has 0 amide bonds. The Morgan fingerprint density at radius 3 is 2.31 bits per heavy atom. The van der Waals surface area contributed by atoms with E-state index in [2.05, 4.69) is 37.8 Å². The summed E-state index contributed by atoms with van der Waals surface area (Å²) >= 11 is 1.55. The number of sulfonamides is 1. The van der Waals surface area contributed by atoms with Crippen molar-refractivity contribution in [1.82, 2.24) is 9.29 Å². The van der Waals surface area contributed by atoms with Crippen LogP contribution >= 0.6 is 11.3 Å². The quantitative estimate of drug-likeness (QED) is 0.409. The number of anilines is 1. The van der Waals surface area contributed by atoms with E-state index >= 15 is 0 Å². The second kappa shape index (κ2) is 8.61. The first kappa shape index (κ1) is 22.4. The van der Waals surface area contributed by atoms with Crippen molar-refractivity contribution in [3.63, 3.8) is 0 Å². The minimum atomic E-state index is -3.79. The van der Waals surface area contributed by atoms with Crippen LogP contribution < -0.4 is 4.90 Å². The van der Waals surface area contributed by atoms with Gasteiger partial charge in [0.2, 0.25) is 10.0 Å².